The van der Waals surface area contributed by atoms with Gasteiger partial charge in [-0.15, -0.1) is 0 Å². The first-order valence-corrected chi connectivity index (χ1v) is 10.6. The van der Waals surface area contributed by atoms with Gasteiger partial charge in [-0.1, -0.05) is 0 Å². The van der Waals surface area contributed by atoms with Crippen molar-refractivity contribution in [3.05, 3.63) is 40.2 Å². The highest BCUT2D eigenvalue weighted by atomic mass is 32.2. The number of rotatable bonds is 5. The molecule has 1 amide bonds. The predicted molar refractivity (Wildman–Crippen MR) is 102 cm³/mol. The van der Waals surface area contributed by atoms with Crippen molar-refractivity contribution in [2.45, 2.75) is 19.4 Å². The van der Waals surface area contributed by atoms with E-state index in [1.165, 1.54) is 10.6 Å². The van der Waals surface area contributed by atoms with Gasteiger partial charge < -0.3 is 15.0 Å². The molecule has 1 aliphatic rings. The molecule has 0 saturated carbocycles. The summed E-state index contributed by atoms with van der Waals surface area (Å²) in [4.78, 5) is 27.4. The van der Waals surface area contributed by atoms with E-state index in [4.69, 9.17) is 4.74 Å². The normalized spacial score (nSPS) is 16.4. The van der Waals surface area contributed by atoms with E-state index < -0.39 is 10.0 Å². The summed E-state index contributed by atoms with van der Waals surface area (Å²) < 4.78 is 29.6. The van der Waals surface area contributed by atoms with E-state index in [1.54, 1.807) is 25.3 Å². The number of hydrogen-bond donors (Lipinski definition) is 2. The number of benzene rings is 1. The first kappa shape index (κ1) is 19.4. The lowest BCUT2D eigenvalue weighted by atomic mass is 9.97. The lowest BCUT2D eigenvalue weighted by Gasteiger charge is -2.29. The summed E-state index contributed by atoms with van der Waals surface area (Å²) in [6, 6.07) is 7.14. The highest BCUT2D eigenvalue weighted by Crippen LogP contribution is 2.20. The van der Waals surface area contributed by atoms with Crippen molar-refractivity contribution >= 4 is 26.8 Å². The van der Waals surface area contributed by atoms with Crippen LogP contribution in [0.5, 0.6) is 5.75 Å². The number of aromatic nitrogens is 1. The lowest BCUT2D eigenvalue weighted by molar-refractivity contribution is -0.126. The average molecular weight is 393 g/mol. The van der Waals surface area contributed by atoms with Gasteiger partial charge in [-0.05, 0) is 36.4 Å². The van der Waals surface area contributed by atoms with Crippen LogP contribution in [0.2, 0.25) is 0 Å². The van der Waals surface area contributed by atoms with Gasteiger partial charge in [0.1, 0.15) is 5.75 Å². The molecule has 1 aliphatic heterocycles. The Labute approximate surface area is 157 Å². The summed E-state index contributed by atoms with van der Waals surface area (Å²) >= 11 is 0. The zero-order valence-corrected chi connectivity index (χ0v) is 16.1. The third kappa shape index (κ3) is 4.48. The van der Waals surface area contributed by atoms with Crippen molar-refractivity contribution in [3.8, 4) is 5.75 Å². The second kappa shape index (κ2) is 7.69. The minimum absolute atomic E-state index is 0.127. The van der Waals surface area contributed by atoms with Crippen LogP contribution in [0.1, 0.15) is 18.4 Å². The molecule has 0 atom stereocenters. The van der Waals surface area contributed by atoms with Crippen LogP contribution >= 0.6 is 0 Å². The first-order valence-electron chi connectivity index (χ1n) is 8.70. The van der Waals surface area contributed by atoms with E-state index in [2.05, 4.69) is 10.3 Å². The number of ether oxygens (including phenoxy) is 1. The number of hydrogen-bond acceptors (Lipinski definition) is 5. The van der Waals surface area contributed by atoms with Crippen molar-refractivity contribution in [2.75, 3.05) is 26.5 Å². The zero-order valence-electron chi connectivity index (χ0n) is 15.3. The fraction of sp³-hybridized carbons (Fsp3) is 0.444. The van der Waals surface area contributed by atoms with Gasteiger partial charge in [-0.2, -0.15) is 0 Å². The monoisotopic (exact) mass is 393 g/mol. The van der Waals surface area contributed by atoms with Gasteiger partial charge in [0.15, 0.2) is 0 Å². The van der Waals surface area contributed by atoms with E-state index >= 15 is 0 Å². The Bertz CT molecular complexity index is 1010. The maximum atomic E-state index is 12.4. The summed E-state index contributed by atoms with van der Waals surface area (Å²) in [6.45, 7) is 0.813. The van der Waals surface area contributed by atoms with Crippen LogP contribution in [0.3, 0.4) is 0 Å². The Morgan fingerprint density at radius 1 is 1.30 bits per heavy atom. The number of piperidine rings is 1. The van der Waals surface area contributed by atoms with Gasteiger partial charge in [-0.25, -0.2) is 12.7 Å². The summed E-state index contributed by atoms with van der Waals surface area (Å²) in [5.41, 5.74) is 0.875. The van der Waals surface area contributed by atoms with Gasteiger partial charge in [0.25, 0.3) is 5.56 Å². The standard InChI is InChI=1S/C18H23N3O5S/c1-26-15-4-3-13-9-14(18(23)20-16(13)10-15)11-19-17(22)12-5-7-21(8-6-12)27(2,24)25/h3-4,9-10,12H,5-8,11H2,1-2H3,(H,19,22)(H,20,23). The van der Waals surface area contributed by atoms with Crippen molar-refractivity contribution in [2.24, 2.45) is 5.92 Å². The van der Waals surface area contributed by atoms with E-state index in [0.717, 1.165) is 5.39 Å². The Morgan fingerprint density at radius 3 is 2.63 bits per heavy atom. The Kier molecular flexibility index (Phi) is 5.52. The maximum Gasteiger partial charge on any atom is 0.253 e. The van der Waals surface area contributed by atoms with Crippen molar-refractivity contribution in [1.29, 1.82) is 0 Å². The van der Waals surface area contributed by atoms with Gasteiger partial charge in [0, 0.05) is 37.2 Å². The molecule has 8 nitrogen and oxygen atoms in total. The molecule has 0 bridgehead atoms. The molecule has 1 aromatic heterocycles. The molecule has 0 radical (unpaired) electrons. The van der Waals surface area contributed by atoms with E-state index in [9.17, 15) is 18.0 Å². The third-order valence-corrected chi connectivity index (χ3v) is 6.18. The van der Waals surface area contributed by atoms with Gasteiger partial charge in [-0.3, -0.25) is 9.59 Å². The summed E-state index contributed by atoms with van der Waals surface area (Å²) in [6.07, 6.45) is 2.13. The number of nitrogens with one attached hydrogen (secondary N) is 2. The molecule has 9 heteroatoms. The quantitative estimate of drug-likeness (QED) is 0.782. The molecule has 1 aromatic carbocycles. The topological polar surface area (TPSA) is 109 Å². The molecule has 2 aromatic rings. The van der Waals surface area contributed by atoms with Crippen molar-refractivity contribution in [3.63, 3.8) is 0 Å². The highest BCUT2D eigenvalue weighted by molar-refractivity contribution is 7.88. The summed E-state index contributed by atoms with van der Waals surface area (Å²) in [5.74, 6) is 0.254. The molecule has 146 valence electrons. The van der Waals surface area contributed by atoms with Crippen LogP contribution in [-0.2, 0) is 21.4 Å². The maximum absolute atomic E-state index is 12.4. The molecule has 0 unspecified atom stereocenters. The van der Waals surface area contributed by atoms with Crippen LogP contribution in [-0.4, -0.2) is 50.1 Å². The van der Waals surface area contributed by atoms with E-state index in [1.807, 2.05) is 6.07 Å². The van der Waals surface area contributed by atoms with Gasteiger partial charge in [0.05, 0.1) is 18.9 Å². The summed E-state index contributed by atoms with van der Waals surface area (Å²) in [5, 5.41) is 3.65. The number of fused-ring (bicyclic) bond motifs is 1. The second-order valence-corrected chi connectivity index (χ2v) is 8.71. The molecule has 27 heavy (non-hydrogen) atoms. The third-order valence-electron chi connectivity index (χ3n) is 4.88. The fourth-order valence-electron chi connectivity index (χ4n) is 3.26. The minimum atomic E-state index is -3.21. The summed E-state index contributed by atoms with van der Waals surface area (Å²) in [7, 11) is -1.66. The molecule has 0 spiro atoms. The molecular weight excluding hydrogens is 370 g/mol. The van der Waals surface area contributed by atoms with Crippen molar-refractivity contribution < 1.29 is 17.9 Å². The van der Waals surface area contributed by atoms with Crippen LogP contribution in [0, 0.1) is 5.92 Å². The zero-order chi connectivity index (χ0) is 19.6. The van der Waals surface area contributed by atoms with Crippen LogP contribution in [0.25, 0.3) is 10.9 Å². The molecule has 3 rings (SSSR count). The lowest BCUT2D eigenvalue weighted by Crippen LogP contribution is -2.42. The van der Waals surface area contributed by atoms with Crippen LogP contribution < -0.4 is 15.6 Å². The molecule has 1 saturated heterocycles. The van der Waals surface area contributed by atoms with Crippen LogP contribution in [0.4, 0.5) is 0 Å². The van der Waals surface area contributed by atoms with E-state index in [-0.39, 0.29) is 23.9 Å². The number of H-pyrrole nitrogens is 1. The van der Waals surface area contributed by atoms with Crippen molar-refractivity contribution in [1.82, 2.24) is 14.6 Å². The number of carbonyl (C=O) groups excluding carboxylic acids is 1. The predicted octanol–water partition coefficient (Wildman–Crippen LogP) is 0.824. The Balaban J connectivity index is 1.64. The molecule has 2 N–H and O–H groups in total. The van der Waals surface area contributed by atoms with Gasteiger partial charge >= 0.3 is 0 Å². The van der Waals surface area contributed by atoms with Gasteiger partial charge in [0.2, 0.25) is 15.9 Å². The first-order chi connectivity index (χ1) is 12.8. The highest BCUT2D eigenvalue weighted by Gasteiger charge is 2.28. The number of sulfonamides is 1. The number of amides is 1. The number of nitrogens with zero attached hydrogens (tertiary/aromatic N) is 1. The molecular formula is C18H23N3O5S. The Morgan fingerprint density at radius 2 is 2.00 bits per heavy atom. The fourth-order valence-corrected chi connectivity index (χ4v) is 4.13. The molecule has 2 heterocycles. The number of aromatic amines is 1. The Hall–Kier alpha value is -2.39. The minimum Gasteiger partial charge on any atom is -0.497 e. The number of pyridine rings is 1. The average Bonchev–Trinajstić information content (AvgIpc) is 2.65. The molecule has 1 fully saturated rings. The SMILES string of the molecule is COc1ccc2cc(CNC(=O)C3CCN(S(C)(=O)=O)CC3)c(=O)[nH]c2c1. The second-order valence-electron chi connectivity index (χ2n) is 6.73. The molecule has 0 aliphatic carbocycles. The largest absolute Gasteiger partial charge is 0.497 e. The number of carbonyl (C=O) groups is 1. The number of methoxy groups -OCH3 is 1. The van der Waals surface area contributed by atoms with E-state index in [0.29, 0.717) is 42.8 Å². The van der Waals surface area contributed by atoms with Crippen LogP contribution in [0.15, 0.2) is 29.1 Å². The smallest absolute Gasteiger partial charge is 0.253 e.